The normalized spacial score (nSPS) is 11.3. The second-order valence-corrected chi connectivity index (χ2v) is 6.12. The van der Waals surface area contributed by atoms with Crippen LogP contribution in [0.4, 0.5) is 0 Å². The zero-order valence-electron chi connectivity index (χ0n) is 13.0. The Labute approximate surface area is 131 Å². The fraction of sp³-hybridized carbons (Fsp3) is 0.250. The minimum atomic E-state index is -0.560. The number of aromatic amines is 2. The van der Waals surface area contributed by atoms with Gasteiger partial charge in [-0.05, 0) is 26.8 Å². The zero-order chi connectivity index (χ0) is 16.6. The molecule has 0 saturated heterocycles. The summed E-state index contributed by atoms with van der Waals surface area (Å²) in [6, 6.07) is 1.70. The average molecular weight is 309 g/mol. The monoisotopic (exact) mass is 309 g/mol. The highest BCUT2D eigenvalue weighted by Crippen LogP contribution is 2.17. The largest absolute Gasteiger partial charge is 0.325 e. The molecule has 0 aliphatic rings. The molecule has 23 heavy (non-hydrogen) atoms. The van der Waals surface area contributed by atoms with Gasteiger partial charge in [0, 0.05) is 24.0 Å². The summed E-state index contributed by atoms with van der Waals surface area (Å²) >= 11 is 0. The van der Waals surface area contributed by atoms with E-state index >= 15 is 0 Å². The Morgan fingerprint density at radius 2 is 2.04 bits per heavy atom. The van der Waals surface area contributed by atoms with Gasteiger partial charge in [0.15, 0.2) is 5.65 Å². The summed E-state index contributed by atoms with van der Waals surface area (Å²) in [5, 5.41) is 4.35. The molecule has 0 aromatic carbocycles. The van der Waals surface area contributed by atoms with Gasteiger partial charge < -0.3 is 4.98 Å². The van der Waals surface area contributed by atoms with Gasteiger partial charge in [-0.1, -0.05) is 11.8 Å². The van der Waals surface area contributed by atoms with E-state index in [-0.39, 0.29) is 11.0 Å². The summed E-state index contributed by atoms with van der Waals surface area (Å²) in [6.07, 6.45) is 4.64. The van der Waals surface area contributed by atoms with Gasteiger partial charge in [-0.15, -0.1) is 0 Å². The van der Waals surface area contributed by atoms with Crippen molar-refractivity contribution >= 4 is 5.65 Å². The van der Waals surface area contributed by atoms with Gasteiger partial charge in [0.2, 0.25) is 0 Å². The van der Waals surface area contributed by atoms with Gasteiger partial charge in [-0.25, -0.2) is 14.3 Å². The fourth-order valence-corrected chi connectivity index (χ4v) is 2.00. The minimum Gasteiger partial charge on any atom is -0.313 e. The van der Waals surface area contributed by atoms with Crippen LogP contribution in [0.1, 0.15) is 26.3 Å². The van der Waals surface area contributed by atoms with Gasteiger partial charge in [0.05, 0.1) is 16.8 Å². The maximum absolute atomic E-state index is 12.0. The van der Waals surface area contributed by atoms with E-state index in [1.165, 1.54) is 6.20 Å². The lowest BCUT2D eigenvalue weighted by atomic mass is 9.97. The summed E-state index contributed by atoms with van der Waals surface area (Å²) in [5.74, 6) is 6.24. The minimum absolute atomic E-state index is 0.164. The lowest BCUT2D eigenvalue weighted by Gasteiger charge is -2.07. The molecule has 3 heterocycles. The predicted octanol–water partition coefficient (Wildman–Crippen LogP) is 1.17. The molecule has 3 rings (SSSR count). The third kappa shape index (κ3) is 3.06. The highest BCUT2D eigenvalue weighted by molar-refractivity contribution is 5.65. The van der Waals surface area contributed by atoms with E-state index in [0.717, 1.165) is 0 Å². The Balaban J connectivity index is 2.25. The molecule has 3 aromatic rings. The molecular formula is C16H15N5O2. The number of H-pyrrole nitrogens is 2. The molecule has 2 N–H and O–H groups in total. The number of fused-ring (bicyclic) bond motifs is 1. The molecule has 0 radical (unpaired) electrons. The van der Waals surface area contributed by atoms with Crippen LogP contribution in [0.15, 0.2) is 34.2 Å². The molecule has 0 spiro atoms. The molecule has 0 aliphatic carbocycles. The Morgan fingerprint density at radius 3 is 2.74 bits per heavy atom. The number of imidazole rings is 1. The summed E-state index contributed by atoms with van der Waals surface area (Å²) < 4.78 is 1.56. The van der Waals surface area contributed by atoms with E-state index < -0.39 is 11.2 Å². The molecule has 7 heteroatoms. The van der Waals surface area contributed by atoms with Crippen molar-refractivity contribution in [1.29, 1.82) is 0 Å². The molecular weight excluding hydrogens is 294 g/mol. The van der Waals surface area contributed by atoms with Gasteiger partial charge in [-0.3, -0.25) is 9.78 Å². The lowest BCUT2D eigenvalue weighted by Crippen LogP contribution is -2.23. The van der Waals surface area contributed by atoms with Gasteiger partial charge in [-0.2, -0.15) is 5.10 Å². The molecule has 0 amide bonds. The van der Waals surface area contributed by atoms with Crippen molar-refractivity contribution in [2.24, 2.45) is 5.41 Å². The number of rotatable bonds is 1. The molecule has 0 saturated carbocycles. The van der Waals surface area contributed by atoms with Crippen molar-refractivity contribution in [3.05, 3.63) is 51.1 Å². The first-order chi connectivity index (χ1) is 10.8. The summed E-state index contributed by atoms with van der Waals surface area (Å²) in [7, 11) is 0. The maximum Gasteiger partial charge on any atom is 0.325 e. The third-order valence-electron chi connectivity index (χ3n) is 3.03. The zero-order valence-corrected chi connectivity index (χ0v) is 13.0. The van der Waals surface area contributed by atoms with Crippen LogP contribution in [-0.4, -0.2) is 24.6 Å². The molecule has 0 fully saturated rings. The molecule has 0 unspecified atom stereocenters. The molecule has 0 atom stereocenters. The standard InChI is InChI=1S/C16H15N5O2/c1-16(2,3)5-4-10-8-12(20-21-7-6-17-13(10)21)11-9-18-15(23)19-14(11)22/h6-9H,1-3H3,(H2,18,19,22,23). The van der Waals surface area contributed by atoms with Crippen LogP contribution in [-0.2, 0) is 0 Å². The quantitative estimate of drug-likeness (QED) is 0.660. The second-order valence-electron chi connectivity index (χ2n) is 6.12. The van der Waals surface area contributed by atoms with Crippen molar-refractivity contribution in [2.45, 2.75) is 20.8 Å². The van der Waals surface area contributed by atoms with Crippen LogP contribution in [0.25, 0.3) is 16.9 Å². The summed E-state index contributed by atoms with van der Waals surface area (Å²) in [6.45, 7) is 6.03. The van der Waals surface area contributed by atoms with Gasteiger partial charge in [0.1, 0.15) is 0 Å². The number of aromatic nitrogens is 5. The Morgan fingerprint density at radius 1 is 1.26 bits per heavy atom. The van der Waals surface area contributed by atoms with Crippen LogP contribution < -0.4 is 11.2 Å². The van der Waals surface area contributed by atoms with E-state index in [4.69, 9.17) is 0 Å². The van der Waals surface area contributed by atoms with E-state index in [2.05, 4.69) is 31.9 Å². The van der Waals surface area contributed by atoms with E-state index in [0.29, 0.717) is 16.9 Å². The number of nitrogens with zero attached hydrogens (tertiary/aromatic N) is 3. The van der Waals surface area contributed by atoms with Crippen LogP contribution in [0.5, 0.6) is 0 Å². The maximum atomic E-state index is 12.0. The topological polar surface area (TPSA) is 95.9 Å². The second kappa shape index (κ2) is 5.25. The van der Waals surface area contributed by atoms with Crippen LogP contribution in [0, 0.1) is 17.3 Å². The van der Waals surface area contributed by atoms with Gasteiger partial charge in [0.25, 0.3) is 5.56 Å². The average Bonchev–Trinajstić information content (AvgIpc) is 2.92. The molecule has 0 aliphatic heterocycles. The van der Waals surface area contributed by atoms with Gasteiger partial charge >= 0.3 is 5.69 Å². The van der Waals surface area contributed by atoms with E-state index in [9.17, 15) is 9.59 Å². The first-order valence-corrected chi connectivity index (χ1v) is 7.03. The third-order valence-corrected chi connectivity index (χ3v) is 3.03. The van der Waals surface area contributed by atoms with Crippen molar-refractivity contribution in [3.8, 4) is 23.1 Å². The Kier molecular flexibility index (Phi) is 3.37. The predicted molar refractivity (Wildman–Crippen MR) is 86.0 cm³/mol. The highest BCUT2D eigenvalue weighted by atomic mass is 16.2. The van der Waals surface area contributed by atoms with Crippen LogP contribution in [0.2, 0.25) is 0 Å². The summed E-state index contributed by atoms with van der Waals surface area (Å²) in [5.41, 5.74) is 0.727. The smallest absolute Gasteiger partial charge is 0.313 e. The first kappa shape index (κ1) is 14.8. The Hall–Kier alpha value is -3.14. The molecule has 7 nitrogen and oxygen atoms in total. The Bertz CT molecular complexity index is 1050. The van der Waals surface area contributed by atoms with Crippen molar-refractivity contribution in [3.63, 3.8) is 0 Å². The fourth-order valence-electron chi connectivity index (χ4n) is 2.00. The van der Waals surface area contributed by atoms with E-state index in [1.807, 2.05) is 20.8 Å². The lowest BCUT2D eigenvalue weighted by molar-refractivity contribution is 0.571. The first-order valence-electron chi connectivity index (χ1n) is 7.03. The number of hydrogen-bond acceptors (Lipinski definition) is 4. The SMILES string of the molecule is CC(C)(C)C#Cc1cc(-c2c[nH]c(=O)[nH]c2=O)nn2ccnc12. The van der Waals surface area contributed by atoms with Crippen molar-refractivity contribution in [1.82, 2.24) is 24.6 Å². The van der Waals surface area contributed by atoms with Crippen molar-refractivity contribution < 1.29 is 0 Å². The van der Waals surface area contributed by atoms with Crippen LogP contribution in [0.3, 0.4) is 0 Å². The van der Waals surface area contributed by atoms with E-state index in [1.54, 1.807) is 23.0 Å². The molecule has 3 aromatic heterocycles. The highest BCUT2D eigenvalue weighted by Gasteiger charge is 2.11. The number of hydrogen-bond donors (Lipinski definition) is 2. The molecule has 116 valence electrons. The molecule has 0 bridgehead atoms. The summed E-state index contributed by atoms with van der Waals surface area (Å²) in [4.78, 5) is 32.0. The van der Waals surface area contributed by atoms with Crippen LogP contribution >= 0.6 is 0 Å². The number of nitrogens with one attached hydrogen (secondary N) is 2. The van der Waals surface area contributed by atoms with Crippen molar-refractivity contribution in [2.75, 3.05) is 0 Å².